The third-order valence-corrected chi connectivity index (χ3v) is 8.15. The predicted molar refractivity (Wildman–Crippen MR) is 157 cm³/mol. The number of nitrogens with two attached hydrogens (primary N) is 2. The Labute approximate surface area is 240 Å². The number of nitrogens with one attached hydrogen (secondary N) is 1. The molecule has 1 aromatic heterocycles. The number of halogens is 1. The van der Waals surface area contributed by atoms with Crippen molar-refractivity contribution in [3.63, 3.8) is 0 Å². The van der Waals surface area contributed by atoms with Gasteiger partial charge >= 0.3 is 11.7 Å². The molecule has 2 aliphatic rings. The molecule has 2 fully saturated rings. The molecule has 0 radical (unpaired) electrons. The lowest BCUT2D eigenvalue weighted by Gasteiger charge is -2.37. The topological polar surface area (TPSA) is 143 Å². The van der Waals surface area contributed by atoms with Gasteiger partial charge in [-0.2, -0.15) is 4.98 Å². The normalized spacial score (nSPS) is 20.1. The van der Waals surface area contributed by atoms with Gasteiger partial charge in [-0.1, -0.05) is 24.6 Å². The molecule has 0 bridgehead atoms. The van der Waals surface area contributed by atoms with E-state index in [1.54, 1.807) is 42.0 Å². The van der Waals surface area contributed by atoms with E-state index in [0.29, 0.717) is 49.0 Å². The number of rotatable bonds is 7. The van der Waals surface area contributed by atoms with Gasteiger partial charge in [0.05, 0.1) is 11.2 Å². The van der Waals surface area contributed by atoms with Gasteiger partial charge in [0.1, 0.15) is 5.82 Å². The van der Waals surface area contributed by atoms with Crippen LogP contribution in [0.3, 0.4) is 0 Å². The molecule has 1 saturated heterocycles. The first-order chi connectivity index (χ1) is 19.0. The van der Waals surface area contributed by atoms with Crippen LogP contribution in [0, 0.1) is 0 Å². The van der Waals surface area contributed by atoms with Crippen LogP contribution in [0.2, 0.25) is 5.02 Å². The Balaban J connectivity index is 1.37. The molecule has 2 aromatic rings. The first-order valence-electron chi connectivity index (χ1n) is 14.0. The summed E-state index contributed by atoms with van der Waals surface area (Å²) in [5.74, 6) is 0.00411. The molecular formula is C28H41ClN8O3. The fourth-order valence-electron chi connectivity index (χ4n) is 5.38. The average Bonchev–Trinajstić information content (AvgIpc) is 2.92. The van der Waals surface area contributed by atoms with Crippen LogP contribution in [-0.4, -0.2) is 86.5 Å². The molecule has 0 unspecified atom stereocenters. The fraction of sp³-hybridized carbons (Fsp3) is 0.571. The molecule has 12 heteroatoms. The highest BCUT2D eigenvalue weighted by molar-refractivity contribution is 6.31. The number of hydrogen-bond acceptors (Lipinski definition) is 7. The van der Waals surface area contributed by atoms with Crippen LogP contribution < -0.4 is 22.5 Å². The highest BCUT2D eigenvalue weighted by Crippen LogP contribution is 2.27. The van der Waals surface area contributed by atoms with Crippen molar-refractivity contribution in [2.75, 3.05) is 38.0 Å². The lowest BCUT2D eigenvalue weighted by atomic mass is 9.90. The van der Waals surface area contributed by atoms with Crippen molar-refractivity contribution >= 4 is 29.4 Å². The maximum absolute atomic E-state index is 12.8. The number of hydrogen-bond donors (Lipinski definition) is 3. The molecule has 1 saturated carbocycles. The molecule has 5 N–H and O–H groups in total. The van der Waals surface area contributed by atoms with Crippen LogP contribution in [0.4, 0.5) is 10.6 Å². The van der Waals surface area contributed by atoms with E-state index < -0.39 is 11.2 Å². The van der Waals surface area contributed by atoms with Crippen molar-refractivity contribution in [2.45, 2.75) is 70.6 Å². The summed E-state index contributed by atoms with van der Waals surface area (Å²) in [5, 5.41) is 3.27. The van der Waals surface area contributed by atoms with Crippen molar-refractivity contribution < 1.29 is 9.59 Å². The van der Waals surface area contributed by atoms with E-state index in [1.165, 1.54) is 4.57 Å². The molecule has 0 spiro atoms. The summed E-state index contributed by atoms with van der Waals surface area (Å²) in [7, 11) is 0. The minimum Gasteiger partial charge on any atom is -0.338 e. The summed E-state index contributed by atoms with van der Waals surface area (Å²) in [6, 6.07) is 7.58. The van der Waals surface area contributed by atoms with Crippen LogP contribution in [0.1, 0.15) is 52.0 Å². The molecule has 1 aliphatic carbocycles. The monoisotopic (exact) mass is 572 g/mol. The van der Waals surface area contributed by atoms with Gasteiger partial charge in [0, 0.05) is 56.0 Å². The Morgan fingerprint density at radius 1 is 1.10 bits per heavy atom. The molecule has 11 nitrogen and oxygen atoms in total. The first kappa shape index (κ1) is 30.0. The number of benzene rings is 1. The third kappa shape index (κ3) is 7.20. The van der Waals surface area contributed by atoms with Crippen LogP contribution in [-0.2, 0) is 11.3 Å². The van der Waals surface area contributed by atoms with Gasteiger partial charge in [-0.25, -0.2) is 9.59 Å². The van der Waals surface area contributed by atoms with Crippen molar-refractivity contribution in [2.24, 2.45) is 11.5 Å². The first-order valence-corrected chi connectivity index (χ1v) is 14.4. The number of carbonyl (C=O) groups excluding carboxylic acids is 2. The molecular weight excluding hydrogens is 532 g/mol. The van der Waals surface area contributed by atoms with Crippen molar-refractivity contribution in [3.8, 4) is 5.69 Å². The Morgan fingerprint density at radius 2 is 1.75 bits per heavy atom. The third-order valence-electron chi connectivity index (χ3n) is 7.80. The Hall–Kier alpha value is -2.99. The van der Waals surface area contributed by atoms with Crippen molar-refractivity contribution in [1.29, 1.82) is 0 Å². The highest BCUT2D eigenvalue weighted by atomic mass is 35.5. The minimum absolute atomic E-state index is 0.150. The van der Waals surface area contributed by atoms with Gasteiger partial charge in [-0.3, -0.25) is 19.6 Å². The van der Waals surface area contributed by atoms with E-state index >= 15 is 0 Å². The minimum atomic E-state index is -0.956. The number of carbonyl (C=O) groups is 2. The second-order valence-electron chi connectivity index (χ2n) is 11.3. The van der Waals surface area contributed by atoms with Crippen LogP contribution >= 0.6 is 11.6 Å². The maximum atomic E-state index is 12.8. The van der Waals surface area contributed by atoms with Crippen molar-refractivity contribution in [1.82, 2.24) is 24.3 Å². The zero-order valence-electron chi connectivity index (χ0n) is 23.6. The smallest absolute Gasteiger partial charge is 0.338 e. The summed E-state index contributed by atoms with van der Waals surface area (Å²) in [6.07, 6.45) is 5.85. The predicted octanol–water partition coefficient (Wildman–Crippen LogP) is 2.39. The molecule has 0 atom stereocenters. The van der Waals surface area contributed by atoms with Gasteiger partial charge in [-0.15, -0.1) is 0 Å². The Morgan fingerprint density at radius 3 is 2.33 bits per heavy atom. The number of aromatic nitrogens is 2. The number of urea groups is 1. The molecule has 1 aromatic carbocycles. The van der Waals surface area contributed by atoms with Gasteiger partial charge in [0.2, 0.25) is 5.91 Å². The maximum Gasteiger partial charge on any atom is 0.354 e. The van der Waals surface area contributed by atoms with Gasteiger partial charge in [-0.05, 0) is 69.8 Å². The van der Waals surface area contributed by atoms with E-state index in [4.69, 9.17) is 23.1 Å². The van der Waals surface area contributed by atoms with E-state index in [9.17, 15) is 14.4 Å². The standard InChI is InChI=1S/C28H41ClN8O3/c1-4-34(21-9-6-20(30)7-10-21)18-19-5-8-22(17-23(19)29)37-12-11-24(33-27(37)40)32-26(39)36-15-13-35(14-16-36)25(38)28(2,3)31/h5,8,11-12,17,20-21H,4,6-7,9-10,13-16,18,30-31H2,1-3H3,(H,32,33,39,40). The van der Waals surface area contributed by atoms with E-state index in [-0.39, 0.29) is 17.8 Å². The number of amides is 3. The summed E-state index contributed by atoms with van der Waals surface area (Å²) in [4.78, 5) is 47.7. The van der Waals surface area contributed by atoms with E-state index in [1.807, 2.05) is 12.1 Å². The zero-order chi connectivity index (χ0) is 29.0. The molecule has 40 heavy (non-hydrogen) atoms. The van der Waals surface area contributed by atoms with Crippen LogP contribution in [0.15, 0.2) is 35.3 Å². The molecule has 1 aliphatic heterocycles. The highest BCUT2D eigenvalue weighted by Gasteiger charge is 2.31. The molecule has 3 amide bonds. The summed E-state index contributed by atoms with van der Waals surface area (Å²) >= 11 is 6.66. The van der Waals surface area contributed by atoms with Crippen molar-refractivity contribution in [3.05, 3.63) is 51.5 Å². The number of piperazine rings is 1. The van der Waals surface area contributed by atoms with Crippen LogP contribution in [0.25, 0.3) is 5.69 Å². The molecule has 4 rings (SSSR count). The quantitative estimate of drug-likeness (QED) is 0.462. The lowest BCUT2D eigenvalue weighted by Crippen LogP contribution is -2.58. The van der Waals surface area contributed by atoms with Crippen LogP contribution in [0.5, 0.6) is 0 Å². The molecule has 2 heterocycles. The largest absolute Gasteiger partial charge is 0.354 e. The average molecular weight is 573 g/mol. The second kappa shape index (κ2) is 12.7. The SMILES string of the molecule is CCN(Cc1ccc(-n2ccc(NC(=O)N3CCN(C(=O)C(C)(C)N)CC3)nc2=O)cc1Cl)C1CCC(N)CC1. The Kier molecular flexibility index (Phi) is 9.50. The second-order valence-corrected chi connectivity index (χ2v) is 11.7. The van der Waals surface area contributed by atoms with Gasteiger partial charge in [0.15, 0.2) is 0 Å². The lowest BCUT2D eigenvalue weighted by molar-refractivity contribution is -0.137. The summed E-state index contributed by atoms with van der Waals surface area (Å²) in [6.45, 7) is 8.66. The summed E-state index contributed by atoms with van der Waals surface area (Å²) in [5.41, 5.74) is 12.1. The van der Waals surface area contributed by atoms with Gasteiger partial charge in [0.25, 0.3) is 0 Å². The zero-order valence-corrected chi connectivity index (χ0v) is 24.4. The van der Waals surface area contributed by atoms with Gasteiger partial charge < -0.3 is 21.3 Å². The van der Waals surface area contributed by atoms with E-state index in [2.05, 4.69) is 22.1 Å². The number of nitrogens with zero attached hydrogens (tertiary/aromatic N) is 5. The fourth-order valence-corrected chi connectivity index (χ4v) is 5.61. The summed E-state index contributed by atoms with van der Waals surface area (Å²) < 4.78 is 1.39. The van der Waals surface area contributed by atoms with E-state index in [0.717, 1.165) is 44.3 Å². The Bertz CT molecular complexity index is 1260. The molecule has 218 valence electrons. The number of anilines is 1.